The van der Waals surface area contributed by atoms with Crippen molar-refractivity contribution in [1.82, 2.24) is 15.1 Å². The molecule has 3 heterocycles. The molecule has 0 bridgehead atoms. The van der Waals surface area contributed by atoms with Gasteiger partial charge in [0.2, 0.25) is 0 Å². The number of urea groups is 1. The third kappa shape index (κ3) is 3.43. The molecule has 4 rings (SSSR count). The summed E-state index contributed by atoms with van der Waals surface area (Å²) in [5.41, 5.74) is 1.75. The summed E-state index contributed by atoms with van der Waals surface area (Å²) in [4.78, 5) is 12.2. The van der Waals surface area contributed by atoms with Gasteiger partial charge in [0.1, 0.15) is 11.4 Å². The number of hydrogen-bond acceptors (Lipinski definition) is 5. The van der Waals surface area contributed by atoms with Gasteiger partial charge < -0.3 is 9.73 Å². The number of nitrogens with one attached hydrogen (secondary N) is 2. The Morgan fingerprint density at radius 1 is 1.31 bits per heavy atom. The van der Waals surface area contributed by atoms with E-state index in [1.165, 1.54) is 0 Å². The second-order valence-corrected chi connectivity index (χ2v) is 8.55. The fourth-order valence-electron chi connectivity index (χ4n) is 3.14. The summed E-state index contributed by atoms with van der Waals surface area (Å²) < 4.78 is 30.2. The summed E-state index contributed by atoms with van der Waals surface area (Å²) in [6.45, 7) is 0.360. The summed E-state index contributed by atoms with van der Waals surface area (Å²) in [6, 6.07) is 8.61. The van der Waals surface area contributed by atoms with Crippen LogP contribution in [0.5, 0.6) is 0 Å². The third-order valence-corrected chi connectivity index (χ3v) is 6.19. The lowest BCUT2D eigenvalue weighted by Gasteiger charge is -2.14. The zero-order chi connectivity index (χ0) is 18.1. The van der Waals surface area contributed by atoms with Crippen LogP contribution in [0.15, 0.2) is 47.2 Å². The van der Waals surface area contributed by atoms with E-state index in [0.29, 0.717) is 18.8 Å². The standard InChI is InChI=1S/C17H18N4O4S/c22-17(18-10-12-1-2-15-13(9-12)4-7-25-15)20-16-3-6-19-21(16)14-5-8-26(23,24)11-14/h1-4,6-7,9,14H,5,8,10-11H2,(H2,18,20,22). The molecule has 1 aromatic carbocycles. The molecule has 26 heavy (non-hydrogen) atoms. The molecule has 0 radical (unpaired) electrons. The molecule has 0 saturated carbocycles. The number of hydrogen-bond donors (Lipinski definition) is 2. The van der Waals surface area contributed by atoms with Crippen molar-refractivity contribution in [3.8, 4) is 0 Å². The SMILES string of the molecule is O=C(NCc1ccc2occc2c1)Nc1ccnn1C1CCS(=O)(=O)C1. The maximum Gasteiger partial charge on any atom is 0.320 e. The minimum Gasteiger partial charge on any atom is -0.464 e. The van der Waals surface area contributed by atoms with E-state index in [1.54, 1.807) is 23.2 Å². The molecule has 2 amide bonds. The molecule has 1 aliphatic heterocycles. The molecular formula is C17H18N4O4S. The molecule has 9 heteroatoms. The van der Waals surface area contributed by atoms with Crippen LogP contribution in [-0.2, 0) is 16.4 Å². The molecule has 0 aliphatic carbocycles. The molecule has 1 unspecified atom stereocenters. The lowest BCUT2D eigenvalue weighted by atomic mass is 10.1. The fraction of sp³-hybridized carbons (Fsp3) is 0.294. The quantitative estimate of drug-likeness (QED) is 0.729. The van der Waals surface area contributed by atoms with Crippen molar-refractivity contribution < 1.29 is 17.6 Å². The van der Waals surface area contributed by atoms with Gasteiger partial charge in [0.05, 0.1) is 30.0 Å². The summed E-state index contributed by atoms with van der Waals surface area (Å²) in [5.74, 6) is 0.685. The number of aromatic nitrogens is 2. The topological polar surface area (TPSA) is 106 Å². The van der Waals surface area contributed by atoms with Gasteiger partial charge in [-0.05, 0) is 30.2 Å². The number of carbonyl (C=O) groups excluding carboxylic acids is 1. The number of carbonyl (C=O) groups is 1. The van der Waals surface area contributed by atoms with Crippen molar-refractivity contribution in [3.63, 3.8) is 0 Å². The highest BCUT2D eigenvalue weighted by Crippen LogP contribution is 2.26. The maximum absolute atomic E-state index is 12.2. The van der Waals surface area contributed by atoms with E-state index in [1.807, 2.05) is 24.3 Å². The van der Waals surface area contributed by atoms with Crippen molar-refractivity contribution >= 4 is 32.7 Å². The van der Waals surface area contributed by atoms with Crippen molar-refractivity contribution in [2.24, 2.45) is 0 Å². The van der Waals surface area contributed by atoms with Gasteiger partial charge in [-0.1, -0.05) is 6.07 Å². The summed E-state index contributed by atoms with van der Waals surface area (Å²) >= 11 is 0. The van der Waals surface area contributed by atoms with Gasteiger partial charge in [-0.15, -0.1) is 0 Å². The number of nitrogens with zero attached hydrogens (tertiary/aromatic N) is 2. The van der Waals surface area contributed by atoms with Gasteiger partial charge in [0, 0.05) is 18.0 Å². The van der Waals surface area contributed by atoms with Gasteiger partial charge in [-0.3, -0.25) is 5.32 Å². The second-order valence-electron chi connectivity index (χ2n) is 6.32. The van der Waals surface area contributed by atoms with E-state index in [9.17, 15) is 13.2 Å². The maximum atomic E-state index is 12.2. The second kappa shape index (κ2) is 6.49. The first-order valence-corrected chi connectivity index (χ1v) is 10.1. The highest BCUT2D eigenvalue weighted by atomic mass is 32.2. The fourth-order valence-corrected chi connectivity index (χ4v) is 4.83. The monoisotopic (exact) mass is 374 g/mol. The van der Waals surface area contributed by atoms with Crippen LogP contribution >= 0.6 is 0 Å². The molecule has 2 N–H and O–H groups in total. The van der Waals surface area contributed by atoms with E-state index < -0.39 is 9.84 Å². The van der Waals surface area contributed by atoms with E-state index in [2.05, 4.69) is 15.7 Å². The van der Waals surface area contributed by atoms with Gasteiger partial charge in [0.15, 0.2) is 9.84 Å². The van der Waals surface area contributed by atoms with Crippen LogP contribution in [0.2, 0.25) is 0 Å². The van der Waals surface area contributed by atoms with E-state index >= 15 is 0 Å². The highest BCUT2D eigenvalue weighted by molar-refractivity contribution is 7.91. The zero-order valence-corrected chi connectivity index (χ0v) is 14.7. The van der Waals surface area contributed by atoms with Crippen molar-refractivity contribution in [1.29, 1.82) is 0 Å². The predicted molar refractivity (Wildman–Crippen MR) is 96.6 cm³/mol. The first kappa shape index (κ1) is 16.6. The van der Waals surface area contributed by atoms with Crippen LogP contribution in [0.3, 0.4) is 0 Å². The molecule has 3 aromatic rings. The van der Waals surface area contributed by atoms with E-state index in [0.717, 1.165) is 16.5 Å². The molecule has 8 nitrogen and oxygen atoms in total. The van der Waals surface area contributed by atoms with Gasteiger partial charge in [-0.2, -0.15) is 5.10 Å². The largest absolute Gasteiger partial charge is 0.464 e. The van der Waals surface area contributed by atoms with Crippen molar-refractivity contribution in [3.05, 3.63) is 48.4 Å². The number of furan rings is 1. The van der Waals surface area contributed by atoms with Crippen LogP contribution in [0.25, 0.3) is 11.0 Å². The summed E-state index contributed by atoms with van der Waals surface area (Å²) in [6.07, 6.45) is 3.68. The average molecular weight is 374 g/mol. The van der Waals surface area contributed by atoms with Crippen molar-refractivity contribution in [2.45, 2.75) is 19.0 Å². The number of rotatable bonds is 4. The Kier molecular flexibility index (Phi) is 4.15. The molecule has 0 spiro atoms. The van der Waals surface area contributed by atoms with Gasteiger partial charge in [-0.25, -0.2) is 17.9 Å². The highest BCUT2D eigenvalue weighted by Gasteiger charge is 2.30. The number of amides is 2. The van der Waals surface area contributed by atoms with E-state index in [4.69, 9.17) is 4.42 Å². The third-order valence-electron chi connectivity index (χ3n) is 4.44. The van der Waals surface area contributed by atoms with Crippen LogP contribution in [0, 0.1) is 0 Å². The normalized spacial score (nSPS) is 18.8. The predicted octanol–water partition coefficient (Wildman–Crippen LogP) is 2.31. The lowest BCUT2D eigenvalue weighted by molar-refractivity contribution is 0.251. The van der Waals surface area contributed by atoms with Crippen LogP contribution in [0.1, 0.15) is 18.0 Å². The van der Waals surface area contributed by atoms with Crippen LogP contribution in [-0.4, -0.2) is 35.7 Å². The van der Waals surface area contributed by atoms with Gasteiger partial charge >= 0.3 is 6.03 Å². The number of sulfone groups is 1. The number of anilines is 1. The van der Waals surface area contributed by atoms with Gasteiger partial charge in [0.25, 0.3) is 0 Å². The Morgan fingerprint density at radius 3 is 3.00 bits per heavy atom. The Balaban J connectivity index is 1.39. The molecular weight excluding hydrogens is 356 g/mol. The molecule has 1 aliphatic rings. The first-order chi connectivity index (χ1) is 12.5. The summed E-state index contributed by atoms with van der Waals surface area (Å²) in [5, 5.41) is 10.7. The van der Waals surface area contributed by atoms with Crippen molar-refractivity contribution in [2.75, 3.05) is 16.8 Å². The Hall–Kier alpha value is -2.81. The minimum absolute atomic E-state index is 0.0513. The lowest BCUT2D eigenvalue weighted by Crippen LogP contribution is -2.29. The Bertz CT molecular complexity index is 1050. The Labute approximate surface area is 150 Å². The first-order valence-electron chi connectivity index (χ1n) is 8.25. The van der Waals surface area contributed by atoms with Crippen LogP contribution in [0.4, 0.5) is 10.6 Å². The molecule has 1 atom stereocenters. The number of benzene rings is 1. The van der Waals surface area contributed by atoms with Crippen LogP contribution < -0.4 is 10.6 Å². The zero-order valence-electron chi connectivity index (χ0n) is 13.9. The van der Waals surface area contributed by atoms with E-state index in [-0.39, 0.29) is 23.6 Å². The summed E-state index contributed by atoms with van der Waals surface area (Å²) in [7, 11) is -3.02. The molecule has 2 aromatic heterocycles. The molecule has 136 valence electrons. The Morgan fingerprint density at radius 2 is 2.19 bits per heavy atom. The molecule has 1 fully saturated rings. The number of fused-ring (bicyclic) bond motifs is 1. The average Bonchev–Trinajstić information content (AvgIpc) is 3.31. The molecule has 1 saturated heterocycles. The minimum atomic E-state index is -3.02. The smallest absolute Gasteiger partial charge is 0.320 e.